The molecule has 0 aliphatic rings. The molecule has 4 aromatic carbocycles. The maximum Gasteiger partial charge on any atom is 0.136 e. The molecule has 0 saturated carbocycles. The second-order valence-corrected chi connectivity index (χ2v) is 8.17. The predicted molar refractivity (Wildman–Crippen MR) is 129 cm³/mol. The molecule has 148 valence electrons. The molecule has 6 rings (SSSR count). The molecule has 31 heavy (non-hydrogen) atoms. The third-order valence-electron chi connectivity index (χ3n) is 6.26. The monoisotopic (exact) mass is 399 g/mol. The third kappa shape index (κ3) is 2.83. The van der Waals surface area contributed by atoms with Gasteiger partial charge in [-0.15, -0.1) is 0 Å². The summed E-state index contributed by atoms with van der Waals surface area (Å²) in [4.78, 5) is 4.61. The number of rotatable bonds is 2. The standard InChI is InChI=1S/C29H21NO/c1-18-16-26(30-17-19(18)2)21-12-10-20(11-13-21)22-7-5-8-24-23(22)14-15-28-29(24)25-6-3-4-9-27(25)31-28/h3-17H,1-2H3. The topological polar surface area (TPSA) is 26.0 Å². The fraction of sp³-hybridized carbons (Fsp3) is 0.0690. The molecule has 0 fully saturated rings. The summed E-state index contributed by atoms with van der Waals surface area (Å²) in [6.07, 6.45) is 1.95. The minimum atomic E-state index is 0.931. The van der Waals surface area contributed by atoms with Crippen molar-refractivity contribution in [2.24, 2.45) is 0 Å². The van der Waals surface area contributed by atoms with Crippen LogP contribution in [0.15, 0.2) is 95.5 Å². The number of aromatic nitrogens is 1. The lowest BCUT2D eigenvalue weighted by Gasteiger charge is -2.10. The van der Waals surface area contributed by atoms with Gasteiger partial charge < -0.3 is 4.42 Å². The van der Waals surface area contributed by atoms with Gasteiger partial charge >= 0.3 is 0 Å². The van der Waals surface area contributed by atoms with Gasteiger partial charge in [0, 0.05) is 22.5 Å². The summed E-state index contributed by atoms with van der Waals surface area (Å²) in [6, 6.07) is 29.9. The van der Waals surface area contributed by atoms with Crippen molar-refractivity contribution in [3.8, 4) is 22.4 Å². The molecule has 0 unspecified atom stereocenters. The molecule has 0 aliphatic carbocycles. The number of aryl methyl sites for hydroxylation is 2. The van der Waals surface area contributed by atoms with Gasteiger partial charge in [-0.1, -0.05) is 66.7 Å². The summed E-state index contributed by atoms with van der Waals surface area (Å²) >= 11 is 0. The third-order valence-corrected chi connectivity index (χ3v) is 6.26. The Kier molecular flexibility index (Phi) is 3.94. The van der Waals surface area contributed by atoms with E-state index in [4.69, 9.17) is 4.42 Å². The quantitative estimate of drug-likeness (QED) is 0.294. The zero-order valence-corrected chi connectivity index (χ0v) is 17.5. The molecule has 0 amide bonds. The molecule has 0 aliphatic heterocycles. The number of nitrogens with zero attached hydrogens (tertiary/aromatic N) is 1. The first-order valence-electron chi connectivity index (χ1n) is 10.6. The molecule has 0 radical (unpaired) electrons. The summed E-state index contributed by atoms with van der Waals surface area (Å²) in [5, 5.41) is 4.81. The number of furan rings is 1. The number of hydrogen-bond acceptors (Lipinski definition) is 2. The van der Waals surface area contributed by atoms with Crippen molar-refractivity contribution >= 4 is 32.7 Å². The molecule has 2 heteroatoms. The molecule has 6 aromatic rings. The van der Waals surface area contributed by atoms with E-state index >= 15 is 0 Å². The molecular weight excluding hydrogens is 378 g/mol. The van der Waals surface area contributed by atoms with Gasteiger partial charge in [-0.25, -0.2) is 0 Å². The lowest BCUT2D eigenvalue weighted by atomic mass is 9.94. The largest absolute Gasteiger partial charge is 0.456 e. The predicted octanol–water partition coefficient (Wildman–Crippen LogP) is 8.09. The van der Waals surface area contributed by atoms with Crippen molar-refractivity contribution in [2.75, 3.05) is 0 Å². The highest BCUT2D eigenvalue weighted by Gasteiger charge is 2.12. The van der Waals surface area contributed by atoms with Gasteiger partial charge in [0.2, 0.25) is 0 Å². The van der Waals surface area contributed by atoms with E-state index in [1.54, 1.807) is 0 Å². The van der Waals surface area contributed by atoms with E-state index in [9.17, 15) is 0 Å². The smallest absolute Gasteiger partial charge is 0.136 e. The van der Waals surface area contributed by atoms with Crippen molar-refractivity contribution in [2.45, 2.75) is 13.8 Å². The number of para-hydroxylation sites is 1. The summed E-state index contributed by atoms with van der Waals surface area (Å²) in [6.45, 7) is 4.22. The van der Waals surface area contributed by atoms with Crippen LogP contribution in [0.1, 0.15) is 11.1 Å². The lowest BCUT2D eigenvalue weighted by molar-refractivity contribution is 0.669. The highest BCUT2D eigenvalue weighted by atomic mass is 16.3. The normalized spacial score (nSPS) is 11.5. The Morgan fingerprint density at radius 3 is 2.23 bits per heavy atom. The van der Waals surface area contributed by atoms with Gasteiger partial charge in [-0.05, 0) is 65.1 Å². The zero-order valence-electron chi connectivity index (χ0n) is 17.5. The van der Waals surface area contributed by atoms with E-state index in [0.29, 0.717) is 0 Å². The number of fused-ring (bicyclic) bond motifs is 5. The summed E-state index contributed by atoms with van der Waals surface area (Å²) in [5.41, 5.74) is 8.92. The Morgan fingerprint density at radius 1 is 0.613 bits per heavy atom. The molecule has 0 saturated heterocycles. The number of pyridine rings is 1. The van der Waals surface area contributed by atoms with E-state index in [1.165, 1.54) is 38.4 Å². The Bertz CT molecular complexity index is 1590. The van der Waals surface area contributed by atoms with Crippen LogP contribution in [0.25, 0.3) is 55.1 Å². The van der Waals surface area contributed by atoms with Gasteiger partial charge in [0.25, 0.3) is 0 Å². The van der Waals surface area contributed by atoms with Gasteiger partial charge in [-0.3, -0.25) is 4.98 Å². The molecule has 0 N–H and O–H groups in total. The summed E-state index contributed by atoms with van der Waals surface area (Å²) in [7, 11) is 0. The molecule has 2 nitrogen and oxygen atoms in total. The molecule has 2 heterocycles. The highest BCUT2D eigenvalue weighted by Crippen LogP contribution is 2.38. The van der Waals surface area contributed by atoms with Crippen LogP contribution in [0.3, 0.4) is 0 Å². The number of benzene rings is 4. The summed E-state index contributed by atoms with van der Waals surface area (Å²) in [5.74, 6) is 0. The van der Waals surface area contributed by atoms with Crippen LogP contribution in [0.4, 0.5) is 0 Å². The van der Waals surface area contributed by atoms with Crippen LogP contribution in [0.5, 0.6) is 0 Å². The highest BCUT2D eigenvalue weighted by molar-refractivity contribution is 6.20. The van der Waals surface area contributed by atoms with Crippen molar-refractivity contribution in [1.29, 1.82) is 0 Å². The van der Waals surface area contributed by atoms with E-state index in [-0.39, 0.29) is 0 Å². The first kappa shape index (κ1) is 17.9. The molecule has 2 aromatic heterocycles. The maximum absolute atomic E-state index is 6.08. The number of hydrogen-bond donors (Lipinski definition) is 0. The summed E-state index contributed by atoms with van der Waals surface area (Å²) < 4.78 is 6.08. The average Bonchev–Trinajstić information content (AvgIpc) is 3.20. The van der Waals surface area contributed by atoms with Crippen molar-refractivity contribution in [3.05, 3.63) is 102 Å². The van der Waals surface area contributed by atoms with Crippen LogP contribution in [-0.2, 0) is 0 Å². The molecular formula is C29H21NO. The Hall–Kier alpha value is -3.91. The second-order valence-electron chi connectivity index (χ2n) is 8.17. The zero-order chi connectivity index (χ0) is 20.9. The fourth-order valence-corrected chi connectivity index (χ4v) is 4.44. The van der Waals surface area contributed by atoms with Crippen LogP contribution in [0, 0.1) is 13.8 Å². The minimum Gasteiger partial charge on any atom is -0.456 e. The van der Waals surface area contributed by atoms with Gasteiger partial charge in [0.1, 0.15) is 11.2 Å². The van der Waals surface area contributed by atoms with Gasteiger partial charge in [0.05, 0.1) is 5.69 Å². The van der Waals surface area contributed by atoms with E-state index in [0.717, 1.165) is 27.8 Å². The van der Waals surface area contributed by atoms with Crippen LogP contribution < -0.4 is 0 Å². The Labute approximate surface area is 180 Å². The van der Waals surface area contributed by atoms with Crippen LogP contribution in [0.2, 0.25) is 0 Å². The van der Waals surface area contributed by atoms with Crippen LogP contribution >= 0.6 is 0 Å². The van der Waals surface area contributed by atoms with Crippen molar-refractivity contribution in [3.63, 3.8) is 0 Å². The average molecular weight is 399 g/mol. The van der Waals surface area contributed by atoms with Crippen molar-refractivity contribution < 1.29 is 4.42 Å². The van der Waals surface area contributed by atoms with Gasteiger partial charge in [-0.2, -0.15) is 0 Å². The molecule has 0 spiro atoms. The minimum absolute atomic E-state index is 0.931. The first-order chi connectivity index (χ1) is 15.2. The Morgan fingerprint density at radius 2 is 1.39 bits per heavy atom. The fourth-order valence-electron chi connectivity index (χ4n) is 4.44. The van der Waals surface area contributed by atoms with E-state index in [2.05, 4.69) is 91.6 Å². The second kappa shape index (κ2) is 6.82. The molecule has 0 atom stereocenters. The van der Waals surface area contributed by atoms with E-state index in [1.807, 2.05) is 18.3 Å². The Balaban J connectivity index is 1.51. The SMILES string of the molecule is Cc1cnc(-c2ccc(-c3cccc4c3ccc3oc5ccccc5c34)cc2)cc1C. The first-order valence-corrected chi connectivity index (χ1v) is 10.6. The lowest BCUT2D eigenvalue weighted by Crippen LogP contribution is -1.88. The van der Waals surface area contributed by atoms with Crippen LogP contribution in [-0.4, -0.2) is 4.98 Å². The molecule has 0 bridgehead atoms. The van der Waals surface area contributed by atoms with Crippen molar-refractivity contribution in [1.82, 2.24) is 4.98 Å². The van der Waals surface area contributed by atoms with Gasteiger partial charge in [0.15, 0.2) is 0 Å². The van der Waals surface area contributed by atoms with E-state index < -0.39 is 0 Å². The maximum atomic E-state index is 6.08.